The summed E-state index contributed by atoms with van der Waals surface area (Å²) in [4.78, 5) is 11.9. The highest BCUT2D eigenvalue weighted by molar-refractivity contribution is 5.91. The molecule has 0 aliphatic heterocycles. The maximum absolute atomic E-state index is 13.2. The monoisotopic (exact) mass is 349 g/mol. The van der Waals surface area contributed by atoms with E-state index in [1.807, 2.05) is 11.4 Å². The number of carbonyl (C=O) groups is 1. The van der Waals surface area contributed by atoms with Crippen molar-refractivity contribution in [2.24, 2.45) is 5.92 Å². The maximum atomic E-state index is 13.2. The van der Waals surface area contributed by atoms with Gasteiger partial charge in [-0.3, -0.25) is 4.79 Å². The Bertz CT molecular complexity index is 764. The van der Waals surface area contributed by atoms with Crippen LogP contribution in [0.4, 0.5) is 13.2 Å². The maximum Gasteiger partial charge on any atom is 0.412 e. The van der Waals surface area contributed by atoms with Crippen LogP contribution < -0.4 is 5.32 Å². The normalized spacial score (nSPS) is 21.3. The molecule has 1 aromatic heterocycles. The van der Waals surface area contributed by atoms with E-state index in [-0.39, 0.29) is 5.56 Å². The molecule has 3 unspecified atom stereocenters. The van der Waals surface area contributed by atoms with E-state index in [0.29, 0.717) is 17.6 Å². The van der Waals surface area contributed by atoms with Crippen molar-refractivity contribution in [2.45, 2.75) is 31.5 Å². The molecule has 132 valence electrons. The second-order valence-corrected chi connectivity index (χ2v) is 6.29. The van der Waals surface area contributed by atoms with Crippen molar-refractivity contribution in [3.63, 3.8) is 0 Å². The van der Waals surface area contributed by atoms with E-state index in [1.165, 1.54) is 30.3 Å². The van der Waals surface area contributed by atoms with Crippen molar-refractivity contribution in [2.75, 3.05) is 0 Å². The second-order valence-electron chi connectivity index (χ2n) is 6.29. The third kappa shape index (κ3) is 4.32. The SMILES string of the molecule is CC1CC1c1ccc(/C=C/C(=O)NC(c2ccccc2)C(F)(F)F)o1. The fourth-order valence-electron chi connectivity index (χ4n) is 2.72. The number of furan rings is 1. The van der Waals surface area contributed by atoms with Crippen LogP contribution >= 0.6 is 0 Å². The molecule has 1 fully saturated rings. The number of rotatable bonds is 5. The summed E-state index contributed by atoms with van der Waals surface area (Å²) in [5.74, 6) is 1.47. The smallest absolute Gasteiger partial charge is 0.412 e. The summed E-state index contributed by atoms with van der Waals surface area (Å²) in [6.07, 6.45) is -1.07. The van der Waals surface area contributed by atoms with Crippen molar-refractivity contribution in [3.8, 4) is 0 Å². The minimum atomic E-state index is -4.58. The van der Waals surface area contributed by atoms with Gasteiger partial charge in [0, 0.05) is 12.0 Å². The van der Waals surface area contributed by atoms with E-state index in [1.54, 1.807) is 12.1 Å². The zero-order valence-electron chi connectivity index (χ0n) is 13.6. The lowest BCUT2D eigenvalue weighted by Crippen LogP contribution is -2.37. The molecule has 6 heteroatoms. The average molecular weight is 349 g/mol. The third-order valence-electron chi connectivity index (χ3n) is 4.27. The number of carbonyl (C=O) groups excluding carboxylic acids is 1. The quantitative estimate of drug-likeness (QED) is 0.785. The van der Waals surface area contributed by atoms with Gasteiger partial charge in [-0.05, 0) is 36.1 Å². The first-order chi connectivity index (χ1) is 11.8. The lowest BCUT2D eigenvalue weighted by Gasteiger charge is -2.21. The summed E-state index contributed by atoms with van der Waals surface area (Å²) in [6.45, 7) is 2.12. The van der Waals surface area contributed by atoms with Gasteiger partial charge in [-0.25, -0.2) is 0 Å². The minimum absolute atomic E-state index is 0.0141. The van der Waals surface area contributed by atoms with Crippen LogP contribution in [0.15, 0.2) is 53.0 Å². The molecule has 25 heavy (non-hydrogen) atoms. The molecule has 3 atom stereocenters. The Morgan fingerprint density at radius 1 is 1.24 bits per heavy atom. The highest BCUT2D eigenvalue weighted by Gasteiger charge is 2.41. The molecule has 0 saturated heterocycles. The van der Waals surface area contributed by atoms with Crippen molar-refractivity contribution >= 4 is 12.0 Å². The number of nitrogens with one attached hydrogen (secondary N) is 1. The number of benzene rings is 1. The summed E-state index contributed by atoms with van der Waals surface area (Å²) in [6, 6.07) is 8.78. The van der Waals surface area contributed by atoms with E-state index in [4.69, 9.17) is 4.42 Å². The van der Waals surface area contributed by atoms with Crippen molar-refractivity contribution in [1.29, 1.82) is 0 Å². The number of hydrogen-bond donors (Lipinski definition) is 1. The van der Waals surface area contributed by atoms with Crippen molar-refractivity contribution < 1.29 is 22.4 Å². The number of hydrogen-bond acceptors (Lipinski definition) is 2. The molecule has 1 aromatic carbocycles. The van der Waals surface area contributed by atoms with Gasteiger partial charge in [0.15, 0.2) is 6.04 Å². The molecule has 1 amide bonds. The number of amides is 1. The Morgan fingerprint density at radius 3 is 2.52 bits per heavy atom. The van der Waals surface area contributed by atoms with Gasteiger partial charge >= 0.3 is 6.18 Å². The van der Waals surface area contributed by atoms with Crippen LogP contribution in [0.1, 0.15) is 42.4 Å². The Kier molecular flexibility index (Phi) is 4.70. The fraction of sp³-hybridized carbons (Fsp3) is 0.316. The largest absolute Gasteiger partial charge is 0.461 e. The molecule has 1 aliphatic rings. The van der Waals surface area contributed by atoms with E-state index in [9.17, 15) is 18.0 Å². The lowest BCUT2D eigenvalue weighted by atomic mass is 10.1. The van der Waals surface area contributed by atoms with Crippen molar-refractivity contribution in [1.82, 2.24) is 5.32 Å². The van der Waals surface area contributed by atoms with Gasteiger partial charge in [0.25, 0.3) is 0 Å². The van der Waals surface area contributed by atoms with Crippen LogP contribution in [-0.4, -0.2) is 12.1 Å². The zero-order chi connectivity index (χ0) is 18.0. The average Bonchev–Trinajstić information content (AvgIpc) is 3.11. The van der Waals surface area contributed by atoms with Crippen LogP contribution in [0.5, 0.6) is 0 Å². The van der Waals surface area contributed by atoms with Gasteiger partial charge in [0.1, 0.15) is 11.5 Å². The lowest BCUT2D eigenvalue weighted by molar-refractivity contribution is -0.162. The first kappa shape index (κ1) is 17.3. The van der Waals surface area contributed by atoms with Crippen molar-refractivity contribution in [3.05, 3.63) is 65.6 Å². The van der Waals surface area contributed by atoms with Crippen LogP contribution in [0.3, 0.4) is 0 Å². The topological polar surface area (TPSA) is 42.2 Å². The molecule has 1 aliphatic carbocycles. The molecule has 1 saturated carbocycles. The predicted octanol–water partition coefficient (Wildman–Crippen LogP) is 4.84. The van der Waals surface area contributed by atoms with Crippen LogP contribution in [-0.2, 0) is 4.79 Å². The number of halogens is 3. The predicted molar refractivity (Wildman–Crippen MR) is 87.6 cm³/mol. The van der Waals surface area contributed by atoms with Crippen LogP contribution in [0.25, 0.3) is 6.08 Å². The van der Waals surface area contributed by atoms with Gasteiger partial charge in [0.05, 0.1) is 0 Å². The summed E-state index contributed by atoms with van der Waals surface area (Å²) in [5, 5.41) is 2.00. The first-order valence-corrected chi connectivity index (χ1v) is 8.04. The highest BCUT2D eigenvalue weighted by Crippen LogP contribution is 2.47. The van der Waals surface area contributed by atoms with Crippen LogP contribution in [0, 0.1) is 5.92 Å². The summed E-state index contributed by atoms with van der Waals surface area (Å²) < 4.78 is 45.2. The van der Waals surface area contributed by atoms with E-state index < -0.39 is 18.1 Å². The number of alkyl halides is 3. The second kappa shape index (κ2) is 6.78. The Morgan fingerprint density at radius 2 is 1.92 bits per heavy atom. The molecule has 3 nitrogen and oxygen atoms in total. The van der Waals surface area contributed by atoms with Crippen LogP contribution in [0.2, 0.25) is 0 Å². The summed E-state index contributed by atoms with van der Waals surface area (Å²) >= 11 is 0. The highest BCUT2D eigenvalue weighted by atomic mass is 19.4. The Hall–Kier alpha value is -2.50. The molecule has 3 rings (SSSR count). The molecular formula is C19H18F3NO2. The molecule has 2 aromatic rings. The molecule has 1 heterocycles. The van der Waals surface area contributed by atoms with E-state index in [2.05, 4.69) is 6.92 Å². The summed E-state index contributed by atoms with van der Waals surface area (Å²) in [5.41, 5.74) is -0.0141. The third-order valence-corrected chi connectivity index (χ3v) is 4.27. The van der Waals surface area contributed by atoms with E-state index in [0.717, 1.165) is 18.3 Å². The molecule has 0 bridgehead atoms. The van der Waals surface area contributed by atoms with Gasteiger partial charge in [-0.2, -0.15) is 13.2 Å². The molecule has 1 N–H and O–H groups in total. The van der Waals surface area contributed by atoms with Gasteiger partial charge < -0.3 is 9.73 Å². The summed E-state index contributed by atoms with van der Waals surface area (Å²) in [7, 11) is 0. The Labute approximate surface area is 143 Å². The Balaban J connectivity index is 1.66. The van der Waals surface area contributed by atoms with Gasteiger partial charge in [0.2, 0.25) is 5.91 Å². The molecule has 0 radical (unpaired) electrons. The molecule has 0 spiro atoms. The first-order valence-electron chi connectivity index (χ1n) is 8.04. The minimum Gasteiger partial charge on any atom is -0.461 e. The van der Waals surface area contributed by atoms with Gasteiger partial charge in [-0.1, -0.05) is 37.3 Å². The fourth-order valence-corrected chi connectivity index (χ4v) is 2.72. The standard InChI is InChI=1S/C19H18F3NO2/c1-12-11-15(12)16-9-7-14(25-16)8-10-17(24)23-18(19(20,21)22)13-5-3-2-4-6-13/h2-10,12,15,18H,11H2,1H3,(H,23,24)/b10-8+. The molecular weight excluding hydrogens is 331 g/mol. The zero-order valence-corrected chi connectivity index (χ0v) is 13.6. The van der Waals surface area contributed by atoms with E-state index >= 15 is 0 Å². The van der Waals surface area contributed by atoms with Gasteiger partial charge in [-0.15, -0.1) is 0 Å².